The highest BCUT2D eigenvalue weighted by molar-refractivity contribution is 7.43. The summed E-state index contributed by atoms with van der Waals surface area (Å²) in [5, 5.41) is 0. The van der Waals surface area contributed by atoms with Crippen LogP contribution in [0.2, 0.25) is 0 Å². The summed E-state index contributed by atoms with van der Waals surface area (Å²) in [5.74, 6) is 5.00. The molecular formula is C115H187O9P3. The maximum absolute atomic E-state index is 7.49. The summed E-state index contributed by atoms with van der Waals surface area (Å²) in [6.45, 7) is 46.0. The molecule has 6 aromatic rings. The lowest BCUT2D eigenvalue weighted by Crippen LogP contribution is -2.19. The molecule has 9 nitrogen and oxygen atoms in total. The molecule has 6 rings (SSSR count). The van der Waals surface area contributed by atoms with Crippen molar-refractivity contribution < 1.29 is 40.7 Å². The van der Waals surface area contributed by atoms with E-state index in [1.807, 2.05) is 0 Å². The molecule has 0 amide bonds. The van der Waals surface area contributed by atoms with Crippen molar-refractivity contribution in [3.8, 4) is 34.5 Å². The minimum Gasteiger partial charge on any atom is -0.426 e. The highest BCUT2D eigenvalue weighted by atomic mass is 31.2. The maximum Gasteiger partial charge on any atom is 0.530 e. The molecule has 3 atom stereocenters. The molecule has 12 heteroatoms. The summed E-state index contributed by atoms with van der Waals surface area (Å²) < 4.78 is 64.6. The van der Waals surface area contributed by atoms with Gasteiger partial charge in [0.25, 0.3) is 0 Å². The van der Waals surface area contributed by atoms with Crippen LogP contribution in [-0.2, 0) is 49.1 Å². The summed E-state index contributed by atoms with van der Waals surface area (Å²) in [4.78, 5) is 0. The van der Waals surface area contributed by atoms with Crippen molar-refractivity contribution in [3.05, 3.63) is 176 Å². The second kappa shape index (κ2) is 65.0. The number of para-hydroxylation sites is 3. The lowest BCUT2D eigenvalue weighted by molar-refractivity contribution is 0.197. The minimum absolute atomic E-state index is 0.0709. The van der Waals surface area contributed by atoms with Crippen LogP contribution in [0.1, 0.15) is 504 Å². The third-order valence-corrected chi connectivity index (χ3v) is 29.1. The molecule has 0 aliphatic rings. The number of hydrogen-bond acceptors (Lipinski definition) is 9. The molecule has 0 fully saturated rings. The van der Waals surface area contributed by atoms with Crippen LogP contribution in [0, 0.1) is 20.8 Å². The molecule has 0 bridgehead atoms. The van der Waals surface area contributed by atoms with E-state index in [2.05, 4.69) is 241 Å². The maximum atomic E-state index is 7.49. The zero-order chi connectivity index (χ0) is 91.8. The van der Waals surface area contributed by atoms with E-state index < -0.39 is 25.8 Å². The number of hydrogen-bond donors (Lipinski definition) is 0. The Morgan fingerprint density at radius 1 is 0.244 bits per heavy atom. The van der Waals surface area contributed by atoms with Crippen LogP contribution >= 0.6 is 25.8 Å². The highest BCUT2D eigenvalue weighted by Crippen LogP contribution is 2.54. The van der Waals surface area contributed by atoms with Gasteiger partial charge in [-0.1, -0.05) is 453 Å². The van der Waals surface area contributed by atoms with E-state index in [9.17, 15) is 0 Å². The van der Waals surface area contributed by atoms with Gasteiger partial charge in [-0.05, 0) is 194 Å². The molecule has 0 saturated carbocycles. The van der Waals surface area contributed by atoms with Crippen molar-refractivity contribution in [3.63, 3.8) is 0 Å². The monoisotopic (exact) mass is 1810 g/mol. The molecule has 0 N–H and O–H groups in total. The number of benzene rings is 6. The van der Waals surface area contributed by atoms with Crippen LogP contribution in [0.3, 0.4) is 0 Å². The summed E-state index contributed by atoms with van der Waals surface area (Å²) in [5.41, 5.74) is 13.4. The molecule has 0 heterocycles. The van der Waals surface area contributed by atoms with Crippen molar-refractivity contribution >= 4 is 25.8 Å². The fourth-order valence-corrected chi connectivity index (χ4v) is 21.1. The van der Waals surface area contributed by atoms with Crippen molar-refractivity contribution in [2.45, 2.75) is 494 Å². The first kappa shape index (κ1) is 111. The van der Waals surface area contributed by atoms with Crippen LogP contribution in [0.5, 0.6) is 34.5 Å². The predicted octanol–water partition coefficient (Wildman–Crippen LogP) is 39.4. The van der Waals surface area contributed by atoms with E-state index in [1.165, 1.54) is 300 Å². The third-order valence-electron chi connectivity index (χ3n) is 25.8. The molecular weight excluding hydrogens is 1620 g/mol. The average Bonchev–Trinajstić information content (AvgIpc) is 0.760. The molecule has 127 heavy (non-hydrogen) atoms. The van der Waals surface area contributed by atoms with Gasteiger partial charge in [-0.25, -0.2) is 0 Å². The molecule has 0 aliphatic heterocycles. The zero-order valence-corrected chi connectivity index (χ0v) is 87.6. The number of rotatable bonds is 74. The second-order valence-corrected chi connectivity index (χ2v) is 43.9. The Hall–Kier alpha value is -4.71. The Bertz CT molecular complexity index is 3740. The Balaban J connectivity index is 1.49. The molecule has 0 saturated heterocycles. The molecule has 0 aromatic heterocycles. The van der Waals surface area contributed by atoms with Crippen LogP contribution in [0.15, 0.2) is 109 Å². The Morgan fingerprint density at radius 2 is 0.465 bits per heavy atom. The van der Waals surface area contributed by atoms with Crippen molar-refractivity contribution in [1.82, 2.24) is 0 Å². The quantitative estimate of drug-likeness (QED) is 0.0274. The Labute approximate surface area is 785 Å². The second-order valence-electron chi connectivity index (χ2n) is 40.7. The van der Waals surface area contributed by atoms with Gasteiger partial charge in [-0.15, -0.1) is 0 Å². The van der Waals surface area contributed by atoms with E-state index in [0.29, 0.717) is 19.8 Å². The van der Waals surface area contributed by atoms with E-state index in [4.69, 9.17) is 40.7 Å². The Kier molecular flexibility index (Phi) is 56.8. The van der Waals surface area contributed by atoms with Crippen LogP contribution in [0.4, 0.5) is 0 Å². The standard InChI is InChI=1S/C115H187O9P3/c1-20-26-32-38-44-47-53-59-71-83-116-125(117-84-72-60-54-48-45-39-33-27-21-2)122-110-88-95(9)101(91-105(110)114(14,15)16)103(102-92-106(115(17,18)19)111(89-96(102)10)123-126(118-85-73-61-55-49-46-40-34-28-22-3)119-107-80-68-65-77-97(107)74-62-56-50-41-35-29-23-4)86-93(7)100-90-104(113(11,12)13)112(87-94(100)8)124-127(120-108-81-69-66-78-98(108)75-63-57-51-42-36-30-24-5)121-109-82-70-67-79-99(109)76-64-58-52-43-37-31-25-6/h65-70,77-82,87-93,103H,20-64,71-76,83-86H2,1-19H3. The number of aryl methyl sites for hydroxylation is 6. The zero-order valence-electron chi connectivity index (χ0n) is 85.0. The smallest absolute Gasteiger partial charge is 0.426 e. The van der Waals surface area contributed by atoms with Crippen molar-refractivity contribution in [2.24, 2.45) is 0 Å². The van der Waals surface area contributed by atoms with Gasteiger partial charge in [0.1, 0.15) is 34.5 Å². The summed E-state index contributed by atoms with van der Waals surface area (Å²) >= 11 is 0. The average molecular weight is 1810 g/mol. The lowest BCUT2D eigenvalue weighted by atomic mass is 9.74. The number of unbranched alkanes of at least 4 members (excludes halogenated alkanes) is 42. The molecule has 0 radical (unpaired) electrons. The first-order chi connectivity index (χ1) is 61.4. The fourth-order valence-electron chi connectivity index (χ4n) is 17.8. The van der Waals surface area contributed by atoms with Gasteiger partial charge in [-0.2, -0.15) is 0 Å². The van der Waals surface area contributed by atoms with Crippen molar-refractivity contribution in [1.29, 1.82) is 0 Å². The highest BCUT2D eigenvalue weighted by Gasteiger charge is 2.35. The van der Waals surface area contributed by atoms with Gasteiger partial charge in [-0.3, -0.25) is 4.52 Å². The van der Waals surface area contributed by atoms with Gasteiger partial charge in [0, 0.05) is 22.6 Å². The van der Waals surface area contributed by atoms with Gasteiger partial charge in [0.05, 0.1) is 19.8 Å². The van der Waals surface area contributed by atoms with Crippen LogP contribution in [0.25, 0.3) is 0 Å². The summed E-state index contributed by atoms with van der Waals surface area (Å²) in [6.07, 6.45) is 63.8. The molecule has 6 aromatic carbocycles. The first-order valence-electron chi connectivity index (χ1n) is 52.5. The topological polar surface area (TPSA) is 83.1 Å². The molecule has 3 unspecified atom stereocenters. The predicted molar refractivity (Wildman–Crippen MR) is 553 cm³/mol. The summed E-state index contributed by atoms with van der Waals surface area (Å²) in [7, 11) is -5.55. The van der Waals surface area contributed by atoms with Gasteiger partial charge >= 0.3 is 25.8 Å². The van der Waals surface area contributed by atoms with E-state index in [0.717, 1.165) is 135 Å². The molecule has 0 spiro atoms. The molecule has 716 valence electrons. The fraction of sp³-hybridized carbons (Fsp3) is 0.687. The SMILES string of the molecule is CCCCCCCCCCCOP(OCCCCCCCCCCC)Oc1cc(C)c(C(CC(C)c2cc(C(C)(C)C)c(OP(Oc3ccccc3CCCCCCCCC)Oc3ccccc3CCCCCCCCC)cc2C)c2cc(C(C)(C)C)c(OP(OCCCCCCCCCCC)Oc3ccccc3CCCCCCCCC)cc2C)cc1C(C)(C)C. The largest absolute Gasteiger partial charge is 0.530 e. The Morgan fingerprint density at radius 3 is 0.756 bits per heavy atom. The van der Waals surface area contributed by atoms with E-state index in [1.54, 1.807) is 0 Å². The first-order valence-corrected chi connectivity index (χ1v) is 55.8. The summed E-state index contributed by atoms with van der Waals surface area (Å²) in [6, 6.07) is 40.4. The lowest BCUT2D eigenvalue weighted by Gasteiger charge is -2.33. The normalized spacial score (nSPS) is 12.8. The van der Waals surface area contributed by atoms with Gasteiger partial charge in [0.2, 0.25) is 0 Å². The van der Waals surface area contributed by atoms with Gasteiger partial charge < -0.3 is 36.2 Å². The van der Waals surface area contributed by atoms with Gasteiger partial charge in [0.15, 0.2) is 0 Å². The van der Waals surface area contributed by atoms with E-state index >= 15 is 0 Å². The van der Waals surface area contributed by atoms with Crippen LogP contribution < -0.4 is 27.1 Å². The van der Waals surface area contributed by atoms with Crippen molar-refractivity contribution in [2.75, 3.05) is 19.8 Å². The third kappa shape index (κ3) is 44.3. The van der Waals surface area contributed by atoms with Crippen LogP contribution in [-0.4, -0.2) is 19.8 Å². The minimum atomic E-state index is -2.00. The molecule has 0 aliphatic carbocycles. The van der Waals surface area contributed by atoms with E-state index in [-0.39, 0.29) is 28.1 Å².